The molecule has 5 nitrogen and oxygen atoms in total. The number of carbonyl (C=O) groups excluding carboxylic acids is 1. The Morgan fingerprint density at radius 3 is 2.72 bits per heavy atom. The van der Waals surface area contributed by atoms with Gasteiger partial charge in [0.25, 0.3) is 5.56 Å². The van der Waals surface area contributed by atoms with Crippen molar-refractivity contribution < 1.29 is 4.79 Å². The van der Waals surface area contributed by atoms with Gasteiger partial charge >= 0.3 is 0 Å². The number of hydrogen-bond acceptors (Lipinski definition) is 5. The average molecular weight is 428 g/mol. The van der Waals surface area contributed by atoms with Gasteiger partial charge in [0, 0.05) is 25.5 Å². The number of carbonyl (C=O) groups is 1. The number of thiophene rings is 1. The molecular formula is C22H25N3O2S2. The summed E-state index contributed by atoms with van der Waals surface area (Å²) in [5, 5.41) is 1.45. The normalized spacial score (nSPS) is 13.4. The number of fused-ring (bicyclic) bond motifs is 3. The Bertz CT molecular complexity index is 1090. The Hall–Kier alpha value is -2.12. The van der Waals surface area contributed by atoms with Gasteiger partial charge in [-0.1, -0.05) is 42.1 Å². The van der Waals surface area contributed by atoms with Crippen LogP contribution in [0, 0.1) is 0 Å². The van der Waals surface area contributed by atoms with E-state index in [9.17, 15) is 9.59 Å². The van der Waals surface area contributed by atoms with Crippen molar-refractivity contribution in [3.63, 3.8) is 0 Å². The van der Waals surface area contributed by atoms with Crippen LogP contribution in [0.1, 0.15) is 28.8 Å². The molecule has 0 fully saturated rings. The lowest BCUT2D eigenvalue weighted by molar-refractivity contribution is -0.125. The van der Waals surface area contributed by atoms with Gasteiger partial charge in [0.15, 0.2) is 5.16 Å². The minimum absolute atomic E-state index is 0.0180. The van der Waals surface area contributed by atoms with Crippen LogP contribution < -0.4 is 5.56 Å². The molecule has 1 amide bonds. The van der Waals surface area contributed by atoms with Crippen LogP contribution in [0.5, 0.6) is 0 Å². The Kier molecular flexibility index (Phi) is 6.06. The lowest BCUT2D eigenvalue weighted by atomic mass is 9.97. The number of hydrogen-bond donors (Lipinski definition) is 0. The molecule has 0 N–H and O–H groups in total. The van der Waals surface area contributed by atoms with Gasteiger partial charge in [-0.05, 0) is 43.2 Å². The van der Waals surface area contributed by atoms with Crippen LogP contribution >= 0.6 is 23.1 Å². The van der Waals surface area contributed by atoms with Crippen molar-refractivity contribution in [1.82, 2.24) is 14.5 Å². The summed E-state index contributed by atoms with van der Waals surface area (Å²) in [6.07, 6.45) is 5.09. The second kappa shape index (κ2) is 8.71. The molecule has 0 radical (unpaired) electrons. The molecule has 0 bridgehead atoms. The van der Waals surface area contributed by atoms with E-state index in [1.54, 1.807) is 34.9 Å². The Morgan fingerprint density at radius 2 is 1.97 bits per heavy atom. The summed E-state index contributed by atoms with van der Waals surface area (Å²) >= 11 is 3.02. The molecule has 3 aromatic rings. The molecular weight excluding hydrogens is 402 g/mol. The molecule has 7 heteroatoms. The number of aromatic nitrogens is 2. The monoisotopic (exact) mass is 427 g/mol. The standard InChI is InChI=1S/C22H25N3O2S2/c1-24(2)18(26)14-28-22-23-20-19(16-10-6-7-11-17(16)29-20)21(27)25(22)13-12-15-8-4-3-5-9-15/h3-5,8-9H,6-7,10-14H2,1-2H3. The number of nitrogens with zero attached hydrogens (tertiary/aromatic N) is 3. The minimum Gasteiger partial charge on any atom is -0.348 e. The maximum Gasteiger partial charge on any atom is 0.263 e. The highest BCUT2D eigenvalue weighted by atomic mass is 32.2. The predicted octanol–water partition coefficient (Wildman–Crippen LogP) is 3.76. The van der Waals surface area contributed by atoms with Crippen LogP contribution in [0.15, 0.2) is 40.3 Å². The zero-order valence-corrected chi connectivity index (χ0v) is 18.4. The maximum atomic E-state index is 13.5. The maximum absolute atomic E-state index is 13.5. The molecule has 4 rings (SSSR count). The quantitative estimate of drug-likeness (QED) is 0.444. The molecule has 0 saturated heterocycles. The number of aryl methyl sites for hydroxylation is 3. The summed E-state index contributed by atoms with van der Waals surface area (Å²) < 4.78 is 1.78. The van der Waals surface area contributed by atoms with Crippen LogP contribution in [0.3, 0.4) is 0 Å². The Morgan fingerprint density at radius 1 is 1.21 bits per heavy atom. The summed E-state index contributed by atoms with van der Waals surface area (Å²) in [6, 6.07) is 10.2. The number of benzene rings is 1. The van der Waals surface area contributed by atoms with E-state index < -0.39 is 0 Å². The van der Waals surface area contributed by atoms with E-state index in [-0.39, 0.29) is 17.2 Å². The number of thioether (sulfide) groups is 1. The van der Waals surface area contributed by atoms with Crippen LogP contribution in [0.4, 0.5) is 0 Å². The van der Waals surface area contributed by atoms with Crippen molar-refractivity contribution in [2.45, 2.75) is 43.8 Å². The fraction of sp³-hybridized carbons (Fsp3) is 0.409. The zero-order valence-electron chi connectivity index (χ0n) is 16.8. The third-order valence-electron chi connectivity index (χ3n) is 5.33. The molecule has 0 spiro atoms. The molecule has 0 aliphatic heterocycles. The Balaban J connectivity index is 1.73. The number of rotatable bonds is 6. The van der Waals surface area contributed by atoms with E-state index in [4.69, 9.17) is 4.98 Å². The molecule has 1 aromatic carbocycles. The average Bonchev–Trinajstić information content (AvgIpc) is 3.10. The molecule has 2 heterocycles. The third kappa shape index (κ3) is 4.26. The first kappa shape index (κ1) is 20.2. The topological polar surface area (TPSA) is 55.2 Å². The summed E-state index contributed by atoms with van der Waals surface area (Å²) in [5.74, 6) is 0.297. The number of amides is 1. The van der Waals surface area contributed by atoms with Gasteiger partial charge in [-0.15, -0.1) is 11.3 Å². The smallest absolute Gasteiger partial charge is 0.263 e. The van der Waals surface area contributed by atoms with Crippen molar-refractivity contribution in [2.75, 3.05) is 19.8 Å². The third-order valence-corrected chi connectivity index (χ3v) is 7.48. The van der Waals surface area contributed by atoms with Crippen molar-refractivity contribution in [3.05, 3.63) is 56.7 Å². The molecule has 0 unspecified atom stereocenters. The zero-order chi connectivity index (χ0) is 20.4. The van der Waals surface area contributed by atoms with Crippen LogP contribution in [-0.2, 0) is 30.6 Å². The highest BCUT2D eigenvalue weighted by Crippen LogP contribution is 2.34. The molecule has 1 aliphatic rings. The van der Waals surface area contributed by atoms with Gasteiger partial charge in [0.2, 0.25) is 5.91 Å². The predicted molar refractivity (Wildman–Crippen MR) is 120 cm³/mol. The van der Waals surface area contributed by atoms with E-state index in [1.807, 2.05) is 18.2 Å². The van der Waals surface area contributed by atoms with Crippen LogP contribution in [0.25, 0.3) is 10.2 Å². The molecule has 1 aliphatic carbocycles. The molecule has 152 valence electrons. The fourth-order valence-electron chi connectivity index (χ4n) is 3.67. The first-order chi connectivity index (χ1) is 14.0. The van der Waals surface area contributed by atoms with Gasteiger partial charge in [-0.25, -0.2) is 4.98 Å². The largest absolute Gasteiger partial charge is 0.348 e. The van der Waals surface area contributed by atoms with Crippen molar-refractivity contribution in [3.8, 4) is 0 Å². The first-order valence-corrected chi connectivity index (χ1v) is 11.8. The fourth-order valence-corrected chi connectivity index (χ4v) is 5.97. The highest BCUT2D eigenvalue weighted by molar-refractivity contribution is 7.99. The van der Waals surface area contributed by atoms with Gasteiger partial charge in [0.05, 0.1) is 11.1 Å². The summed E-state index contributed by atoms with van der Waals surface area (Å²) in [7, 11) is 3.49. The molecule has 2 aromatic heterocycles. The lowest BCUT2D eigenvalue weighted by Gasteiger charge is -2.14. The van der Waals surface area contributed by atoms with Gasteiger partial charge in [-0.3, -0.25) is 14.2 Å². The molecule has 0 atom stereocenters. The summed E-state index contributed by atoms with van der Waals surface area (Å²) in [6.45, 7) is 0.564. The van der Waals surface area contributed by atoms with E-state index >= 15 is 0 Å². The van der Waals surface area contributed by atoms with Crippen LogP contribution in [0.2, 0.25) is 0 Å². The minimum atomic E-state index is 0.0180. The van der Waals surface area contributed by atoms with Crippen molar-refractivity contribution in [2.24, 2.45) is 0 Å². The SMILES string of the molecule is CN(C)C(=O)CSc1nc2sc3c(c2c(=O)n1CCc1ccccc1)CCCC3. The molecule has 29 heavy (non-hydrogen) atoms. The first-order valence-electron chi connectivity index (χ1n) is 9.96. The lowest BCUT2D eigenvalue weighted by Crippen LogP contribution is -2.27. The summed E-state index contributed by atoms with van der Waals surface area (Å²) in [5.41, 5.74) is 2.44. The van der Waals surface area contributed by atoms with E-state index in [1.165, 1.54) is 34.2 Å². The highest BCUT2D eigenvalue weighted by Gasteiger charge is 2.22. The van der Waals surface area contributed by atoms with E-state index in [0.717, 1.165) is 35.9 Å². The van der Waals surface area contributed by atoms with Crippen LogP contribution in [-0.4, -0.2) is 40.2 Å². The summed E-state index contributed by atoms with van der Waals surface area (Å²) in [4.78, 5) is 34.2. The second-order valence-electron chi connectivity index (χ2n) is 7.55. The van der Waals surface area contributed by atoms with Gasteiger partial charge in [-0.2, -0.15) is 0 Å². The van der Waals surface area contributed by atoms with Crippen molar-refractivity contribution in [1.29, 1.82) is 0 Å². The van der Waals surface area contributed by atoms with Gasteiger partial charge < -0.3 is 4.90 Å². The van der Waals surface area contributed by atoms with Gasteiger partial charge in [0.1, 0.15) is 4.83 Å². The second-order valence-corrected chi connectivity index (χ2v) is 9.58. The van der Waals surface area contributed by atoms with E-state index in [0.29, 0.717) is 11.7 Å². The molecule has 0 saturated carbocycles. The van der Waals surface area contributed by atoms with E-state index in [2.05, 4.69) is 12.1 Å². The van der Waals surface area contributed by atoms with Crippen molar-refractivity contribution >= 4 is 39.2 Å². The Labute approximate surface area is 178 Å².